The Labute approximate surface area is 126 Å². The van der Waals surface area contributed by atoms with Crippen LogP contribution in [-0.4, -0.2) is 22.6 Å². The van der Waals surface area contributed by atoms with Gasteiger partial charge in [0.15, 0.2) is 12.4 Å². The van der Waals surface area contributed by atoms with Crippen LogP contribution < -0.4 is 10.1 Å². The smallest absolute Gasteiger partial charge is 0.276 e. The second kappa shape index (κ2) is 6.25. The van der Waals surface area contributed by atoms with Crippen LogP contribution in [0.3, 0.4) is 0 Å². The van der Waals surface area contributed by atoms with Crippen molar-refractivity contribution in [2.45, 2.75) is 20.8 Å². The second-order valence-electron chi connectivity index (χ2n) is 4.77. The van der Waals surface area contributed by atoms with E-state index in [0.29, 0.717) is 28.5 Å². The Hall–Kier alpha value is -2.90. The molecule has 0 radical (unpaired) electrons. The molecular weight excluding hydrogens is 290 g/mol. The lowest BCUT2D eigenvalue weighted by Crippen LogP contribution is -2.21. The van der Waals surface area contributed by atoms with Crippen LogP contribution in [0.25, 0.3) is 0 Å². The van der Waals surface area contributed by atoms with Gasteiger partial charge in [-0.2, -0.15) is 0 Å². The zero-order valence-electron chi connectivity index (χ0n) is 12.4. The SMILES string of the molecule is Cc1cc(NC(=O)COc2c(C)ccc([N+](=O)[O-])c2C)no1. The number of nitro benzene ring substituents is 1. The molecule has 1 amide bonds. The minimum absolute atomic E-state index is 0.0480. The Balaban J connectivity index is 2.06. The molecule has 0 spiro atoms. The molecule has 1 aromatic heterocycles. The standard InChI is InChI=1S/C14H15N3O5/c1-8-4-5-11(17(19)20)10(3)14(8)21-7-13(18)15-12-6-9(2)22-16-12/h4-6H,7H2,1-3H3,(H,15,16,18). The third-order valence-electron chi connectivity index (χ3n) is 3.01. The molecule has 0 saturated heterocycles. The van der Waals surface area contributed by atoms with Crippen molar-refractivity contribution in [2.24, 2.45) is 0 Å². The van der Waals surface area contributed by atoms with Gasteiger partial charge in [0.05, 0.1) is 10.5 Å². The lowest BCUT2D eigenvalue weighted by atomic mass is 10.1. The van der Waals surface area contributed by atoms with Crippen LogP contribution in [0.4, 0.5) is 11.5 Å². The zero-order chi connectivity index (χ0) is 16.3. The summed E-state index contributed by atoms with van der Waals surface area (Å²) in [6.07, 6.45) is 0. The summed E-state index contributed by atoms with van der Waals surface area (Å²) in [5, 5.41) is 17.1. The van der Waals surface area contributed by atoms with Crippen molar-refractivity contribution in [1.82, 2.24) is 5.16 Å². The van der Waals surface area contributed by atoms with Gasteiger partial charge >= 0.3 is 0 Å². The molecule has 0 aliphatic rings. The third-order valence-corrected chi connectivity index (χ3v) is 3.01. The van der Waals surface area contributed by atoms with Gasteiger partial charge in [-0.25, -0.2) is 0 Å². The highest BCUT2D eigenvalue weighted by molar-refractivity contribution is 5.90. The van der Waals surface area contributed by atoms with E-state index in [1.165, 1.54) is 6.07 Å². The summed E-state index contributed by atoms with van der Waals surface area (Å²) >= 11 is 0. The van der Waals surface area contributed by atoms with E-state index in [-0.39, 0.29) is 12.3 Å². The first-order valence-electron chi connectivity index (χ1n) is 6.49. The third kappa shape index (κ3) is 3.40. The molecule has 0 bridgehead atoms. The number of nitro groups is 1. The lowest BCUT2D eigenvalue weighted by molar-refractivity contribution is -0.385. The maximum Gasteiger partial charge on any atom is 0.276 e. The Morgan fingerprint density at radius 1 is 1.41 bits per heavy atom. The number of anilines is 1. The summed E-state index contributed by atoms with van der Waals surface area (Å²) in [5.41, 5.74) is 1.05. The number of ether oxygens (including phenoxy) is 1. The molecule has 0 aliphatic heterocycles. The van der Waals surface area contributed by atoms with Gasteiger partial charge in [0, 0.05) is 12.1 Å². The van der Waals surface area contributed by atoms with Crippen LogP contribution in [0, 0.1) is 30.9 Å². The van der Waals surface area contributed by atoms with Gasteiger partial charge in [0.2, 0.25) is 0 Å². The van der Waals surface area contributed by atoms with E-state index in [1.54, 1.807) is 32.9 Å². The molecule has 0 aliphatic carbocycles. The molecule has 1 N–H and O–H groups in total. The van der Waals surface area contributed by atoms with E-state index in [0.717, 1.165) is 0 Å². The number of nitrogens with one attached hydrogen (secondary N) is 1. The molecule has 8 nitrogen and oxygen atoms in total. The van der Waals surface area contributed by atoms with E-state index in [4.69, 9.17) is 9.26 Å². The number of aryl methyl sites for hydroxylation is 2. The number of amides is 1. The fourth-order valence-corrected chi connectivity index (χ4v) is 1.98. The highest BCUT2D eigenvalue weighted by atomic mass is 16.6. The summed E-state index contributed by atoms with van der Waals surface area (Å²) in [4.78, 5) is 22.2. The molecule has 8 heteroatoms. The number of rotatable bonds is 5. The van der Waals surface area contributed by atoms with E-state index in [2.05, 4.69) is 10.5 Å². The number of hydrogen-bond acceptors (Lipinski definition) is 6. The molecule has 116 valence electrons. The minimum atomic E-state index is -0.486. The maximum absolute atomic E-state index is 11.8. The fraction of sp³-hybridized carbons (Fsp3) is 0.286. The first kappa shape index (κ1) is 15.5. The summed E-state index contributed by atoms with van der Waals surface area (Å²) in [6.45, 7) is 4.76. The molecule has 1 aromatic carbocycles. The zero-order valence-corrected chi connectivity index (χ0v) is 12.4. The molecule has 0 saturated carbocycles. The maximum atomic E-state index is 11.8. The molecule has 2 rings (SSSR count). The van der Waals surface area contributed by atoms with E-state index < -0.39 is 10.8 Å². The quantitative estimate of drug-likeness (QED) is 0.671. The number of hydrogen-bond donors (Lipinski definition) is 1. The molecular formula is C14H15N3O5. The molecule has 2 aromatic rings. The van der Waals surface area contributed by atoms with Crippen molar-refractivity contribution in [3.63, 3.8) is 0 Å². The Morgan fingerprint density at radius 3 is 2.73 bits per heavy atom. The topological polar surface area (TPSA) is 108 Å². The van der Waals surface area contributed by atoms with Crippen LogP contribution in [-0.2, 0) is 4.79 Å². The van der Waals surface area contributed by atoms with E-state index in [1.807, 2.05) is 0 Å². The van der Waals surface area contributed by atoms with Gasteiger partial charge in [-0.3, -0.25) is 14.9 Å². The number of nitrogens with zero attached hydrogens (tertiary/aromatic N) is 2. The van der Waals surface area contributed by atoms with Gasteiger partial charge < -0.3 is 14.6 Å². The highest BCUT2D eigenvalue weighted by Crippen LogP contribution is 2.30. The molecule has 22 heavy (non-hydrogen) atoms. The monoisotopic (exact) mass is 305 g/mol. The van der Waals surface area contributed by atoms with Crippen LogP contribution in [0.1, 0.15) is 16.9 Å². The van der Waals surface area contributed by atoms with Crippen LogP contribution in [0.2, 0.25) is 0 Å². The number of aromatic nitrogens is 1. The van der Waals surface area contributed by atoms with Crippen molar-refractivity contribution >= 4 is 17.4 Å². The Kier molecular flexibility index (Phi) is 4.40. The van der Waals surface area contributed by atoms with Crippen molar-refractivity contribution in [2.75, 3.05) is 11.9 Å². The van der Waals surface area contributed by atoms with Gasteiger partial charge in [-0.15, -0.1) is 0 Å². The van der Waals surface area contributed by atoms with Crippen molar-refractivity contribution in [3.8, 4) is 5.75 Å². The normalized spacial score (nSPS) is 10.3. The molecule has 1 heterocycles. The summed E-state index contributed by atoms with van der Waals surface area (Å²) in [5.74, 6) is 0.763. The fourth-order valence-electron chi connectivity index (χ4n) is 1.98. The van der Waals surface area contributed by atoms with E-state index in [9.17, 15) is 14.9 Å². The molecule has 0 fully saturated rings. The predicted molar refractivity (Wildman–Crippen MR) is 77.9 cm³/mol. The van der Waals surface area contributed by atoms with Gasteiger partial charge in [0.25, 0.3) is 11.6 Å². The first-order chi connectivity index (χ1) is 10.4. The minimum Gasteiger partial charge on any atom is -0.483 e. The largest absolute Gasteiger partial charge is 0.483 e. The number of carbonyl (C=O) groups is 1. The van der Waals surface area contributed by atoms with Crippen LogP contribution in [0.5, 0.6) is 5.75 Å². The van der Waals surface area contributed by atoms with Crippen LogP contribution >= 0.6 is 0 Å². The number of carbonyl (C=O) groups excluding carboxylic acids is 1. The second-order valence-corrected chi connectivity index (χ2v) is 4.77. The highest BCUT2D eigenvalue weighted by Gasteiger charge is 2.18. The Bertz CT molecular complexity index is 723. The van der Waals surface area contributed by atoms with Crippen molar-refractivity contribution < 1.29 is 19.0 Å². The first-order valence-corrected chi connectivity index (χ1v) is 6.49. The van der Waals surface area contributed by atoms with Crippen molar-refractivity contribution in [1.29, 1.82) is 0 Å². The summed E-state index contributed by atoms with van der Waals surface area (Å²) < 4.78 is 10.3. The molecule has 0 atom stereocenters. The number of benzene rings is 1. The van der Waals surface area contributed by atoms with Gasteiger partial charge in [0.1, 0.15) is 11.5 Å². The summed E-state index contributed by atoms with van der Waals surface area (Å²) in [6, 6.07) is 4.57. The summed E-state index contributed by atoms with van der Waals surface area (Å²) in [7, 11) is 0. The average Bonchev–Trinajstić information content (AvgIpc) is 2.83. The van der Waals surface area contributed by atoms with Crippen molar-refractivity contribution in [3.05, 3.63) is 45.2 Å². The van der Waals surface area contributed by atoms with Gasteiger partial charge in [-0.05, 0) is 32.4 Å². The predicted octanol–water partition coefficient (Wildman–Crippen LogP) is 2.53. The molecule has 0 unspecified atom stereocenters. The Morgan fingerprint density at radius 2 is 2.14 bits per heavy atom. The van der Waals surface area contributed by atoms with E-state index >= 15 is 0 Å². The average molecular weight is 305 g/mol. The van der Waals surface area contributed by atoms with Crippen LogP contribution in [0.15, 0.2) is 22.7 Å². The van der Waals surface area contributed by atoms with Gasteiger partial charge in [-0.1, -0.05) is 5.16 Å². The lowest BCUT2D eigenvalue weighted by Gasteiger charge is -2.11.